The summed E-state index contributed by atoms with van der Waals surface area (Å²) in [5.41, 5.74) is 1.29. The second-order valence-electron chi connectivity index (χ2n) is 13.9. The van der Waals surface area contributed by atoms with Crippen LogP contribution in [0.3, 0.4) is 0 Å². The molecule has 1 saturated heterocycles. The van der Waals surface area contributed by atoms with Gasteiger partial charge in [-0.05, 0) is 106 Å². The monoisotopic (exact) mass is 608 g/mol. The fourth-order valence-electron chi connectivity index (χ4n) is 8.07. The van der Waals surface area contributed by atoms with Gasteiger partial charge in [0.2, 0.25) is 11.8 Å². The third-order valence-electron chi connectivity index (χ3n) is 10.8. The van der Waals surface area contributed by atoms with Crippen LogP contribution in [0.1, 0.15) is 95.5 Å². The first-order chi connectivity index (χ1) is 21.0. The Bertz CT molecular complexity index is 1180. The average molecular weight is 609 g/mol. The summed E-state index contributed by atoms with van der Waals surface area (Å²) in [5, 5.41) is 12.2. The van der Waals surface area contributed by atoms with Crippen LogP contribution < -0.4 is 10.6 Å². The van der Waals surface area contributed by atoms with Crippen molar-refractivity contribution in [2.75, 3.05) is 13.1 Å². The fraction of sp³-hybridized carbons (Fsp3) is 0.706. The molecule has 0 unspecified atom stereocenters. The van der Waals surface area contributed by atoms with Crippen molar-refractivity contribution < 1.29 is 9.59 Å². The van der Waals surface area contributed by atoms with E-state index in [0.29, 0.717) is 29.7 Å². The quantitative estimate of drug-likeness (QED) is 0.349. The first-order valence-electron chi connectivity index (χ1n) is 16.9. The van der Waals surface area contributed by atoms with Crippen molar-refractivity contribution in [2.45, 2.75) is 121 Å². The summed E-state index contributed by atoms with van der Waals surface area (Å²) in [7, 11) is 0. The molecule has 0 radical (unpaired) electrons. The largest absolute Gasteiger partial charge is 0.353 e. The van der Waals surface area contributed by atoms with Gasteiger partial charge in [0.05, 0.1) is 6.04 Å². The lowest BCUT2D eigenvalue weighted by Gasteiger charge is -2.48. The summed E-state index contributed by atoms with van der Waals surface area (Å²) < 4.78 is 2.02. The third kappa shape index (κ3) is 8.18. The minimum atomic E-state index is -0.273. The maximum atomic E-state index is 14.2. The Kier molecular flexibility index (Phi) is 10.0. The number of benzene rings is 1. The minimum Gasteiger partial charge on any atom is -0.353 e. The Labute approximate surface area is 261 Å². The van der Waals surface area contributed by atoms with E-state index in [1.165, 1.54) is 44.9 Å². The highest BCUT2D eigenvalue weighted by Gasteiger charge is 2.44. The molecule has 0 bridgehead atoms. The standard InChI is InChI=1S/C34H49ClN6O2/c35-28-10-8-25(9-11-28)20-31(38-29-12-14-30(15-13-29)39-32(42)21-26-6-7-26)33(43)40-18-16-34(17-19-40,22-41-24-36-23-37-41)27-4-2-1-3-5-27/h8-11,23-24,26-27,29-31,38H,1-7,12-22H2,(H,39,42)/t29?,30?,31-/m1/s1. The van der Waals surface area contributed by atoms with E-state index in [-0.39, 0.29) is 35.4 Å². The molecule has 2 amide bonds. The van der Waals surface area contributed by atoms with Gasteiger partial charge < -0.3 is 15.5 Å². The zero-order chi connectivity index (χ0) is 29.6. The minimum absolute atomic E-state index is 0.173. The normalized spacial score (nSPS) is 25.3. The van der Waals surface area contributed by atoms with Crippen molar-refractivity contribution in [3.63, 3.8) is 0 Å². The van der Waals surface area contributed by atoms with Crippen LogP contribution in [-0.4, -0.2) is 62.7 Å². The van der Waals surface area contributed by atoms with Gasteiger partial charge in [0.25, 0.3) is 0 Å². The van der Waals surface area contributed by atoms with Crippen molar-refractivity contribution in [3.8, 4) is 0 Å². The molecule has 2 heterocycles. The van der Waals surface area contributed by atoms with Crippen LogP contribution in [0.5, 0.6) is 0 Å². The summed E-state index contributed by atoms with van der Waals surface area (Å²) >= 11 is 6.18. The van der Waals surface area contributed by atoms with E-state index < -0.39 is 0 Å². The molecular weight excluding hydrogens is 560 g/mol. The van der Waals surface area contributed by atoms with Gasteiger partial charge in [0, 0.05) is 43.2 Å². The lowest BCUT2D eigenvalue weighted by molar-refractivity contribution is -0.137. The summed E-state index contributed by atoms with van der Waals surface area (Å²) in [6.07, 6.45) is 19.7. The number of hydrogen-bond donors (Lipinski definition) is 2. The number of hydrogen-bond acceptors (Lipinski definition) is 5. The van der Waals surface area contributed by atoms with E-state index in [1.54, 1.807) is 6.33 Å². The van der Waals surface area contributed by atoms with Gasteiger partial charge >= 0.3 is 0 Å². The van der Waals surface area contributed by atoms with Gasteiger partial charge in [0.1, 0.15) is 12.7 Å². The van der Waals surface area contributed by atoms with Crippen molar-refractivity contribution in [3.05, 3.63) is 47.5 Å². The Balaban J connectivity index is 1.09. The molecule has 9 heteroatoms. The maximum Gasteiger partial charge on any atom is 0.240 e. The molecule has 1 atom stereocenters. The van der Waals surface area contributed by atoms with Gasteiger partial charge in [-0.25, -0.2) is 4.98 Å². The molecule has 8 nitrogen and oxygen atoms in total. The highest BCUT2D eigenvalue weighted by atomic mass is 35.5. The summed E-state index contributed by atoms with van der Waals surface area (Å²) in [4.78, 5) is 32.9. The Morgan fingerprint density at radius 2 is 1.63 bits per heavy atom. The molecule has 3 aliphatic carbocycles. The van der Waals surface area contributed by atoms with Crippen molar-refractivity contribution in [1.29, 1.82) is 0 Å². The third-order valence-corrected chi connectivity index (χ3v) is 11.1. The predicted molar refractivity (Wildman–Crippen MR) is 168 cm³/mol. The van der Waals surface area contributed by atoms with E-state index in [1.807, 2.05) is 35.3 Å². The molecule has 4 fully saturated rings. The smallest absolute Gasteiger partial charge is 0.240 e. The fourth-order valence-corrected chi connectivity index (χ4v) is 8.20. The number of halogens is 1. The molecule has 43 heavy (non-hydrogen) atoms. The second kappa shape index (κ2) is 14.1. The molecule has 2 N–H and O–H groups in total. The van der Waals surface area contributed by atoms with Crippen LogP contribution in [0.4, 0.5) is 0 Å². The first-order valence-corrected chi connectivity index (χ1v) is 17.2. The Hall–Kier alpha value is -2.45. The number of piperidine rings is 1. The van der Waals surface area contributed by atoms with Gasteiger partial charge in [0.15, 0.2) is 0 Å². The molecule has 6 rings (SSSR count). The van der Waals surface area contributed by atoms with Crippen LogP contribution in [0.25, 0.3) is 0 Å². The molecule has 3 saturated carbocycles. The zero-order valence-electron chi connectivity index (χ0n) is 25.6. The summed E-state index contributed by atoms with van der Waals surface area (Å²) in [6.45, 7) is 2.48. The number of carbonyl (C=O) groups excluding carboxylic acids is 2. The number of amides is 2. The molecule has 1 aliphatic heterocycles. The zero-order valence-corrected chi connectivity index (χ0v) is 26.3. The Morgan fingerprint density at radius 3 is 2.28 bits per heavy atom. The number of aromatic nitrogens is 3. The lowest BCUT2D eigenvalue weighted by Crippen LogP contribution is -2.56. The molecule has 1 aromatic heterocycles. The predicted octanol–water partition coefficient (Wildman–Crippen LogP) is 5.55. The van der Waals surface area contributed by atoms with Gasteiger partial charge in [-0.15, -0.1) is 0 Å². The molecule has 4 aliphatic rings. The number of carbonyl (C=O) groups is 2. The molecule has 0 spiro atoms. The highest BCUT2D eigenvalue weighted by Crippen LogP contribution is 2.47. The van der Waals surface area contributed by atoms with E-state index in [0.717, 1.165) is 63.7 Å². The second-order valence-corrected chi connectivity index (χ2v) is 14.4. The highest BCUT2D eigenvalue weighted by molar-refractivity contribution is 6.30. The molecule has 2 aromatic rings. The first kappa shape index (κ1) is 30.6. The summed E-state index contributed by atoms with van der Waals surface area (Å²) in [5.74, 6) is 1.73. The van der Waals surface area contributed by atoms with Crippen LogP contribution in [0.2, 0.25) is 5.02 Å². The molecule has 1 aromatic carbocycles. The van der Waals surface area contributed by atoms with Crippen LogP contribution >= 0.6 is 11.6 Å². The van der Waals surface area contributed by atoms with E-state index in [9.17, 15) is 9.59 Å². The van der Waals surface area contributed by atoms with Crippen molar-refractivity contribution in [2.24, 2.45) is 17.3 Å². The van der Waals surface area contributed by atoms with E-state index in [4.69, 9.17) is 11.6 Å². The van der Waals surface area contributed by atoms with Crippen LogP contribution in [0, 0.1) is 17.3 Å². The lowest BCUT2D eigenvalue weighted by atomic mass is 9.63. The van der Waals surface area contributed by atoms with E-state index in [2.05, 4.69) is 25.6 Å². The van der Waals surface area contributed by atoms with Gasteiger partial charge in [-0.2, -0.15) is 5.10 Å². The van der Waals surface area contributed by atoms with Crippen molar-refractivity contribution in [1.82, 2.24) is 30.3 Å². The number of nitrogens with zero attached hydrogens (tertiary/aromatic N) is 4. The van der Waals surface area contributed by atoms with Crippen LogP contribution in [-0.2, 0) is 22.6 Å². The van der Waals surface area contributed by atoms with Crippen molar-refractivity contribution >= 4 is 23.4 Å². The Morgan fingerprint density at radius 1 is 0.930 bits per heavy atom. The molecular formula is C34H49ClN6O2. The summed E-state index contributed by atoms with van der Waals surface area (Å²) in [6, 6.07) is 8.17. The van der Waals surface area contributed by atoms with Gasteiger partial charge in [-0.1, -0.05) is 43.0 Å². The topological polar surface area (TPSA) is 92.2 Å². The number of rotatable bonds is 11. The van der Waals surface area contributed by atoms with Gasteiger partial charge in [-0.3, -0.25) is 14.3 Å². The van der Waals surface area contributed by atoms with Crippen LogP contribution in [0.15, 0.2) is 36.9 Å². The van der Waals surface area contributed by atoms with E-state index >= 15 is 0 Å². The number of nitrogens with one attached hydrogen (secondary N) is 2. The average Bonchev–Trinajstić information content (AvgIpc) is 3.70. The molecule has 234 valence electrons. The maximum absolute atomic E-state index is 14.2. The SMILES string of the molecule is O=C(CC1CC1)NC1CCC(N[C@H](Cc2ccc(Cl)cc2)C(=O)N2CCC(Cn3cncn3)(C3CCCCC3)CC2)CC1. The number of likely N-dealkylation sites (tertiary alicyclic amines) is 1.